The van der Waals surface area contributed by atoms with Crippen LogP contribution in [0.3, 0.4) is 0 Å². The Bertz CT molecular complexity index is 380. The van der Waals surface area contributed by atoms with Gasteiger partial charge in [0.25, 0.3) is 0 Å². The molecule has 4 heteroatoms. The number of nitrogens with two attached hydrogens (primary N) is 1. The Morgan fingerprint density at radius 2 is 2.12 bits per heavy atom. The van der Waals surface area contributed by atoms with Crippen LogP contribution in [0, 0.1) is 18.7 Å². The van der Waals surface area contributed by atoms with Gasteiger partial charge in [-0.1, -0.05) is 18.9 Å². The molecule has 90 valence electrons. The van der Waals surface area contributed by atoms with E-state index in [1.807, 2.05) is 0 Å². The fraction of sp³-hybridized carbons (Fsp3) is 0.500. The lowest BCUT2D eigenvalue weighted by Gasteiger charge is -2.14. The summed E-state index contributed by atoms with van der Waals surface area (Å²) >= 11 is 0. The molecule has 1 aliphatic rings. The molecule has 0 amide bonds. The van der Waals surface area contributed by atoms with Gasteiger partial charge in [-0.2, -0.15) is 0 Å². The molecule has 1 saturated carbocycles. The first kappa shape index (κ1) is 13.3. The smallest absolute Gasteiger partial charge is 0.165 e. The summed E-state index contributed by atoms with van der Waals surface area (Å²) in [5.74, 6) is -0.187. The highest BCUT2D eigenvalue weighted by Crippen LogP contribution is 2.39. The molecular weight excluding hydrogens is 229 g/mol. The summed E-state index contributed by atoms with van der Waals surface area (Å²) in [7, 11) is 0. The molecule has 0 radical (unpaired) electrons. The molecule has 0 saturated heterocycles. The van der Waals surface area contributed by atoms with Crippen molar-refractivity contribution in [2.75, 3.05) is 0 Å². The van der Waals surface area contributed by atoms with E-state index in [1.165, 1.54) is 18.9 Å². The normalized spacial score (nSPS) is 16.7. The number of aryl methyl sites for hydroxylation is 1. The van der Waals surface area contributed by atoms with Gasteiger partial charge in [-0.3, -0.25) is 0 Å². The van der Waals surface area contributed by atoms with Crippen molar-refractivity contribution in [1.82, 2.24) is 0 Å². The van der Waals surface area contributed by atoms with Crippen LogP contribution in [-0.2, 0) is 0 Å². The number of hydrogen-bond acceptors (Lipinski definition) is 2. The highest BCUT2D eigenvalue weighted by Gasteiger charge is 2.26. The number of phenols is 1. The summed E-state index contributed by atoms with van der Waals surface area (Å²) in [4.78, 5) is 0. The number of phenolic OH excluding ortho intramolecular Hbond substituents is 1. The zero-order chi connectivity index (χ0) is 11.0. The maximum atomic E-state index is 13.2. The molecule has 0 spiro atoms. The lowest BCUT2D eigenvalue weighted by atomic mass is 9.99. The highest BCUT2D eigenvalue weighted by molar-refractivity contribution is 5.85. The largest absolute Gasteiger partial charge is 0.505 e. The van der Waals surface area contributed by atoms with Crippen LogP contribution >= 0.6 is 12.4 Å². The van der Waals surface area contributed by atoms with Crippen molar-refractivity contribution >= 4 is 12.4 Å². The topological polar surface area (TPSA) is 46.2 Å². The lowest BCUT2D eigenvalue weighted by molar-refractivity contribution is 0.416. The molecule has 0 unspecified atom stereocenters. The summed E-state index contributed by atoms with van der Waals surface area (Å²) < 4.78 is 13.2. The van der Waals surface area contributed by atoms with Crippen LogP contribution < -0.4 is 5.73 Å². The molecule has 0 aromatic heterocycles. The third-order valence-corrected chi connectivity index (χ3v) is 2.92. The maximum absolute atomic E-state index is 13.2. The number of hydrogen-bond donors (Lipinski definition) is 2. The first-order valence-corrected chi connectivity index (χ1v) is 5.32. The summed E-state index contributed by atoms with van der Waals surface area (Å²) in [6.45, 7) is 1.80. The minimum Gasteiger partial charge on any atom is -0.505 e. The Hall–Kier alpha value is -0.800. The van der Waals surface area contributed by atoms with E-state index in [0.29, 0.717) is 11.5 Å². The van der Waals surface area contributed by atoms with Crippen molar-refractivity contribution in [2.45, 2.75) is 32.2 Å². The molecule has 16 heavy (non-hydrogen) atoms. The van der Waals surface area contributed by atoms with Crippen LogP contribution in [0.1, 0.15) is 36.4 Å². The van der Waals surface area contributed by atoms with Gasteiger partial charge in [0, 0.05) is 11.6 Å². The molecule has 1 aromatic rings. The molecule has 1 fully saturated rings. The average Bonchev–Trinajstić information content (AvgIpc) is 2.94. The third kappa shape index (κ3) is 2.86. The molecular formula is C12H17ClFNO. The van der Waals surface area contributed by atoms with Crippen molar-refractivity contribution in [2.24, 2.45) is 11.7 Å². The van der Waals surface area contributed by atoms with Gasteiger partial charge in [0.15, 0.2) is 11.6 Å². The highest BCUT2D eigenvalue weighted by atomic mass is 35.5. The van der Waals surface area contributed by atoms with E-state index >= 15 is 0 Å². The van der Waals surface area contributed by atoms with E-state index in [2.05, 4.69) is 0 Å². The van der Waals surface area contributed by atoms with E-state index in [1.54, 1.807) is 13.0 Å². The predicted octanol–water partition coefficient (Wildman–Crippen LogP) is 3.06. The van der Waals surface area contributed by atoms with Gasteiger partial charge in [0.1, 0.15) is 0 Å². The van der Waals surface area contributed by atoms with Crippen molar-refractivity contribution in [3.05, 3.63) is 29.1 Å². The molecule has 2 rings (SSSR count). The van der Waals surface area contributed by atoms with Gasteiger partial charge in [0.2, 0.25) is 0 Å². The number of rotatable bonds is 3. The minimum atomic E-state index is -0.573. The number of halogens is 2. The Balaban J connectivity index is 0.00000128. The first-order chi connectivity index (χ1) is 7.08. The SMILES string of the molecule is Cc1cc(F)c(O)c([C@@H](N)CC2CC2)c1.Cl. The van der Waals surface area contributed by atoms with E-state index in [-0.39, 0.29) is 24.2 Å². The second-order valence-corrected chi connectivity index (χ2v) is 4.47. The van der Waals surface area contributed by atoms with Crippen molar-refractivity contribution < 1.29 is 9.50 Å². The quantitative estimate of drug-likeness (QED) is 0.860. The molecule has 1 aromatic carbocycles. The van der Waals surface area contributed by atoms with E-state index in [4.69, 9.17) is 5.73 Å². The third-order valence-electron chi connectivity index (χ3n) is 2.92. The first-order valence-electron chi connectivity index (χ1n) is 5.32. The molecule has 2 nitrogen and oxygen atoms in total. The summed E-state index contributed by atoms with van der Waals surface area (Å²) in [5, 5.41) is 9.57. The second-order valence-electron chi connectivity index (χ2n) is 4.47. The van der Waals surface area contributed by atoms with Crippen LogP contribution in [-0.4, -0.2) is 5.11 Å². The lowest BCUT2D eigenvalue weighted by Crippen LogP contribution is -2.12. The Morgan fingerprint density at radius 3 is 2.69 bits per heavy atom. The second kappa shape index (κ2) is 5.02. The predicted molar refractivity (Wildman–Crippen MR) is 64.3 cm³/mol. The molecule has 1 atom stereocenters. The van der Waals surface area contributed by atoms with Gasteiger partial charge in [-0.05, 0) is 30.9 Å². The van der Waals surface area contributed by atoms with Crippen LogP contribution in [0.2, 0.25) is 0 Å². The van der Waals surface area contributed by atoms with Gasteiger partial charge in [-0.25, -0.2) is 4.39 Å². The minimum absolute atomic E-state index is 0. The number of benzene rings is 1. The van der Waals surface area contributed by atoms with Gasteiger partial charge in [0.05, 0.1) is 0 Å². The van der Waals surface area contributed by atoms with Gasteiger partial charge >= 0.3 is 0 Å². The molecule has 0 heterocycles. The maximum Gasteiger partial charge on any atom is 0.165 e. The zero-order valence-electron chi connectivity index (χ0n) is 9.24. The van der Waals surface area contributed by atoms with Crippen molar-refractivity contribution in [3.8, 4) is 5.75 Å². The Kier molecular flexibility index (Phi) is 4.16. The summed E-state index contributed by atoms with van der Waals surface area (Å²) in [5.41, 5.74) is 7.29. The molecule has 1 aliphatic carbocycles. The van der Waals surface area contributed by atoms with Gasteiger partial charge in [-0.15, -0.1) is 12.4 Å². The molecule has 0 aliphatic heterocycles. The van der Waals surface area contributed by atoms with E-state index in [9.17, 15) is 9.50 Å². The molecule has 3 N–H and O–H groups in total. The Morgan fingerprint density at radius 1 is 1.50 bits per heavy atom. The standard InChI is InChI=1S/C12H16FNO.ClH/c1-7-4-9(12(15)10(13)5-7)11(14)6-8-2-3-8;/h4-5,8,11,15H,2-3,6,14H2,1H3;1H/t11-;/m0./s1. The Labute approximate surface area is 101 Å². The van der Waals surface area contributed by atoms with E-state index in [0.717, 1.165) is 12.0 Å². The summed E-state index contributed by atoms with van der Waals surface area (Å²) in [6.07, 6.45) is 3.27. The van der Waals surface area contributed by atoms with Crippen LogP contribution in [0.25, 0.3) is 0 Å². The van der Waals surface area contributed by atoms with Gasteiger partial charge < -0.3 is 10.8 Å². The molecule has 0 bridgehead atoms. The monoisotopic (exact) mass is 245 g/mol. The van der Waals surface area contributed by atoms with Crippen LogP contribution in [0.15, 0.2) is 12.1 Å². The van der Waals surface area contributed by atoms with Crippen molar-refractivity contribution in [1.29, 1.82) is 0 Å². The zero-order valence-corrected chi connectivity index (χ0v) is 10.1. The fourth-order valence-electron chi connectivity index (χ4n) is 1.88. The van der Waals surface area contributed by atoms with Crippen LogP contribution in [0.4, 0.5) is 4.39 Å². The summed E-state index contributed by atoms with van der Waals surface area (Å²) in [6, 6.07) is 2.85. The number of aromatic hydroxyl groups is 1. The fourth-order valence-corrected chi connectivity index (χ4v) is 1.88. The van der Waals surface area contributed by atoms with Crippen LogP contribution in [0.5, 0.6) is 5.75 Å². The van der Waals surface area contributed by atoms with E-state index < -0.39 is 5.82 Å². The van der Waals surface area contributed by atoms with Crippen molar-refractivity contribution in [3.63, 3.8) is 0 Å². The average molecular weight is 246 g/mol.